The van der Waals surface area contributed by atoms with E-state index in [4.69, 9.17) is 0 Å². The molecule has 0 bridgehead atoms. The Morgan fingerprint density at radius 2 is 2.00 bits per heavy atom. The number of hydrogen-bond acceptors (Lipinski definition) is 3. The maximum Gasteiger partial charge on any atom is 0.273 e. The number of rotatable bonds is 3. The smallest absolute Gasteiger partial charge is 0.273 e. The molecule has 4 nitrogen and oxygen atoms in total. The number of benzene rings is 1. The molecule has 0 radical (unpaired) electrons. The van der Waals surface area contributed by atoms with Gasteiger partial charge in [-0.05, 0) is 18.2 Å². The van der Waals surface area contributed by atoms with Crippen molar-refractivity contribution in [2.75, 3.05) is 11.9 Å². The van der Waals surface area contributed by atoms with Crippen molar-refractivity contribution in [3.05, 3.63) is 64.0 Å². The Labute approximate surface area is 93.6 Å². The molecule has 0 spiro atoms. The van der Waals surface area contributed by atoms with E-state index in [1.54, 1.807) is 6.08 Å². The van der Waals surface area contributed by atoms with Gasteiger partial charge in [0.15, 0.2) is 0 Å². The van der Waals surface area contributed by atoms with Crippen LogP contribution in [0, 0.1) is 10.1 Å². The summed E-state index contributed by atoms with van der Waals surface area (Å²) in [5, 5.41) is 10.8. The molecule has 0 saturated carbocycles. The number of para-hydroxylation sites is 1. The van der Waals surface area contributed by atoms with Crippen molar-refractivity contribution in [2.45, 2.75) is 6.42 Å². The van der Waals surface area contributed by atoms with Crippen LogP contribution in [0.25, 0.3) is 0 Å². The summed E-state index contributed by atoms with van der Waals surface area (Å²) in [6, 6.07) is 9.60. The van der Waals surface area contributed by atoms with E-state index < -0.39 is 0 Å². The molecule has 0 unspecified atom stereocenters. The first-order valence-corrected chi connectivity index (χ1v) is 5.03. The van der Waals surface area contributed by atoms with Gasteiger partial charge in [0.25, 0.3) is 5.70 Å². The van der Waals surface area contributed by atoms with Gasteiger partial charge in [-0.3, -0.25) is 10.1 Å². The minimum absolute atomic E-state index is 0.256. The van der Waals surface area contributed by atoms with E-state index in [9.17, 15) is 10.1 Å². The molecule has 0 aromatic heterocycles. The highest BCUT2D eigenvalue weighted by molar-refractivity contribution is 5.55. The molecular formula is C12H12N2O2. The van der Waals surface area contributed by atoms with Gasteiger partial charge in [0.1, 0.15) is 5.70 Å². The molecule has 82 valence electrons. The first-order valence-electron chi connectivity index (χ1n) is 5.03. The third-order valence-electron chi connectivity index (χ3n) is 2.61. The van der Waals surface area contributed by atoms with E-state index in [0.29, 0.717) is 12.1 Å². The summed E-state index contributed by atoms with van der Waals surface area (Å²) in [5.41, 5.74) is 1.87. The SMILES string of the molecule is CN(C1=C([N+](=O)[O-])CC=C1)c1ccccc1. The molecule has 0 saturated heterocycles. The van der Waals surface area contributed by atoms with E-state index in [1.165, 1.54) is 0 Å². The van der Waals surface area contributed by atoms with Gasteiger partial charge in [0.2, 0.25) is 0 Å². The van der Waals surface area contributed by atoms with Crippen LogP contribution in [0.3, 0.4) is 0 Å². The van der Waals surface area contributed by atoms with Crippen molar-refractivity contribution in [1.82, 2.24) is 0 Å². The van der Waals surface area contributed by atoms with Crippen molar-refractivity contribution < 1.29 is 4.92 Å². The Hall–Kier alpha value is -2.10. The lowest BCUT2D eigenvalue weighted by molar-refractivity contribution is -0.427. The van der Waals surface area contributed by atoms with E-state index in [0.717, 1.165) is 5.69 Å². The topological polar surface area (TPSA) is 46.4 Å². The average Bonchev–Trinajstić information content (AvgIpc) is 2.78. The molecule has 16 heavy (non-hydrogen) atoms. The Morgan fingerprint density at radius 1 is 1.31 bits per heavy atom. The van der Waals surface area contributed by atoms with E-state index >= 15 is 0 Å². The molecule has 0 atom stereocenters. The van der Waals surface area contributed by atoms with Crippen molar-refractivity contribution in [1.29, 1.82) is 0 Å². The molecule has 0 N–H and O–H groups in total. The lowest BCUT2D eigenvalue weighted by Crippen LogP contribution is -2.17. The number of allylic oxidation sites excluding steroid dienone is 2. The summed E-state index contributed by atoms with van der Waals surface area (Å²) in [7, 11) is 1.84. The standard InChI is InChI=1S/C12H12N2O2/c1-13(10-6-3-2-4-7-10)11-8-5-9-12(11)14(15)16/h2-8H,9H2,1H3. The fourth-order valence-electron chi connectivity index (χ4n) is 1.75. The summed E-state index contributed by atoms with van der Waals surface area (Å²) in [6.07, 6.45) is 4.01. The molecule has 1 aliphatic carbocycles. The number of nitrogens with zero attached hydrogens (tertiary/aromatic N) is 2. The van der Waals surface area contributed by atoms with Crippen LogP contribution in [-0.2, 0) is 0 Å². The zero-order valence-corrected chi connectivity index (χ0v) is 8.96. The molecule has 1 aromatic carbocycles. The third-order valence-corrected chi connectivity index (χ3v) is 2.61. The monoisotopic (exact) mass is 216 g/mol. The van der Waals surface area contributed by atoms with Gasteiger partial charge in [-0.15, -0.1) is 0 Å². The number of likely N-dealkylation sites (N-methyl/N-ethyl adjacent to an activating group) is 1. The molecule has 0 aliphatic heterocycles. The summed E-state index contributed by atoms with van der Waals surface area (Å²) in [4.78, 5) is 12.4. The maximum atomic E-state index is 10.8. The van der Waals surface area contributed by atoms with Crippen LogP contribution in [0.15, 0.2) is 53.9 Å². The second kappa shape index (κ2) is 4.18. The second-order valence-corrected chi connectivity index (χ2v) is 3.59. The normalized spacial score (nSPS) is 14.3. The molecular weight excluding hydrogens is 204 g/mol. The van der Waals surface area contributed by atoms with E-state index in [2.05, 4.69) is 0 Å². The second-order valence-electron chi connectivity index (χ2n) is 3.59. The van der Waals surface area contributed by atoms with Crippen LogP contribution in [0.2, 0.25) is 0 Å². The van der Waals surface area contributed by atoms with Gasteiger partial charge in [0, 0.05) is 12.7 Å². The summed E-state index contributed by atoms with van der Waals surface area (Å²) in [5.74, 6) is 0. The van der Waals surface area contributed by atoms with Crippen molar-refractivity contribution in [3.63, 3.8) is 0 Å². The van der Waals surface area contributed by atoms with Gasteiger partial charge in [-0.2, -0.15) is 0 Å². The predicted octanol–water partition coefficient (Wildman–Crippen LogP) is 2.57. The van der Waals surface area contributed by atoms with Crippen LogP contribution in [0.5, 0.6) is 0 Å². The predicted molar refractivity (Wildman–Crippen MR) is 62.6 cm³/mol. The molecule has 4 heteroatoms. The minimum Gasteiger partial charge on any atom is -0.339 e. The summed E-state index contributed by atoms with van der Waals surface area (Å²) >= 11 is 0. The zero-order chi connectivity index (χ0) is 11.5. The van der Waals surface area contributed by atoms with E-state index in [-0.39, 0.29) is 10.6 Å². The maximum absolute atomic E-state index is 10.8. The summed E-state index contributed by atoms with van der Waals surface area (Å²) in [6.45, 7) is 0. The van der Waals surface area contributed by atoms with Gasteiger partial charge < -0.3 is 4.90 Å². The van der Waals surface area contributed by atoms with Gasteiger partial charge >= 0.3 is 0 Å². The van der Waals surface area contributed by atoms with Gasteiger partial charge in [0.05, 0.1) is 11.3 Å². The Kier molecular flexibility index (Phi) is 2.72. The molecule has 0 fully saturated rings. The molecule has 0 amide bonds. The minimum atomic E-state index is -0.311. The van der Waals surface area contributed by atoms with Crippen LogP contribution in [-0.4, -0.2) is 12.0 Å². The van der Waals surface area contributed by atoms with Crippen molar-refractivity contribution in [2.24, 2.45) is 0 Å². The fraction of sp³-hybridized carbons (Fsp3) is 0.167. The molecule has 1 aromatic rings. The third kappa shape index (κ3) is 1.82. The van der Waals surface area contributed by atoms with Crippen LogP contribution >= 0.6 is 0 Å². The quantitative estimate of drug-likeness (QED) is 0.576. The van der Waals surface area contributed by atoms with Crippen molar-refractivity contribution >= 4 is 5.69 Å². The fourth-order valence-corrected chi connectivity index (χ4v) is 1.75. The van der Waals surface area contributed by atoms with Crippen LogP contribution in [0.1, 0.15) is 6.42 Å². The Morgan fingerprint density at radius 3 is 2.62 bits per heavy atom. The van der Waals surface area contributed by atoms with Crippen LogP contribution < -0.4 is 4.90 Å². The number of anilines is 1. The molecule has 1 aliphatic rings. The highest BCUT2D eigenvalue weighted by atomic mass is 16.6. The van der Waals surface area contributed by atoms with E-state index in [1.807, 2.05) is 48.4 Å². The highest BCUT2D eigenvalue weighted by Crippen LogP contribution is 2.26. The number of hydrogen-bond donors (Lipinski definition) is 0. The molecule has 0 heterocycles. The summed E-state index contributed by atoms with van der Waals surface area (Å²) < 4.78 is 0. The lowest BCUT2D eigenvalue weighted by atomic mass is 10.2. The van der Waals surface area contributed by atoms with Crippen molar-refractivity contribution in [3.8, 4) is 0 Å². The Balaban J connectivity index is 2.35. The van der Waals surface area contributed by atoms with Gasteiger partial charge in [-0.1, -0.05) is 24.3 Å². The largest absolute Gasteiger partial charge is 0.339 e. The van der Waals surface area contributed by atoms with Gasteiger partial charge in [-0.25, -0.2) is 0 Å². The Bertz CT molecular complexity index is 463. The lowest BCUT2D eigenvalue weighted by Gasteiger charge is -2.18. The first-order chi connectivity index (χ1) is 7.70. The average molecular weight is 216 g/mol. The number of nitro groups is 1. The first kappa shape index (κ1) is 10.4. The highest BCUT2D eigenvalue weighted by Gasteiger charge is 2.23. The zero-order valence-electron chi connectivity index (χ0n) is 8.96. The van der Waals surface area contributed by atoms with Crippen LogP contribution in [0.4, 0.5) is 5.69 Å². The molecule has 2 rings (SSSR count).